The molecule has 0 aliphatic carbocycles. The van der Waals surface area contributed by atoms with Gasteiger partial charge < -0.3 is 10.1 Å². The van der Waals surface area contributed by atoms with Gasteiger partial charge in [0.1, 0.15) is 15.6 Å². The van der Waals surface area contributed by atoms with E-state index in [1.54, 1.807) is 12.1 Å². The molecule has 4 nitrogen and oxygen atoms in total. The van der Waals surface area contributed by atoms with E-state index < -0.39 is 16.4 Å². The molecule has 1 N–H and O–H groups in total. The third-order valence-electron chi connectivity index (χ3n) is 2.13. The molecule has 0 saturated carbocycles. The van der Waals surface area contributed by atoms with Gasteiger partial charge in [0.15, 0.2) is 0 Å². The van der Waals surface area contributed by atoms with Crippen LogP contribution in [-0.4, -0.2) is 33.6 Å². The van der Waals surface area contributed by atoms with Crippen molar-refractivity contribution in [3.8, 4) is 5.75 Å². The number of benzene rings is 1. The first kappa shape index (κ1) is 14.8. The lowest BCUT2D eigenvalue weighted by atomic mass is 10.2. The van der Waals surface area contributed by atoms with E-state index in [-0.39, 0.29) is 11.5 Å². The maximum atomic E-state index is 11.9. The van der Waals surface area contributed by atoms with Crippen LogP contribution >= 0.6 is 0 Å². The molecule has 7 heteroatoms. The highest BCUT2D eigenvalue weighted by Crippen LogP contribution is 2.14. The lowest BCUT2D eigenvalue weighted by Crippen LogP contribution is -2.21. The summed E-state index contributed by atoms with van der Waals surface area (Å²) in [7, 11) is -2.96. The van der Waals surface area contributed by atoms with E-state index in [4.69, 9.17) is 0 Å². The van der Waals surface area contributed by atoms with E-state index in [2.05, 4.69) is 10.1 Å². The SMILES string of the molecule is CS(=O)(=O)CCNCc1ccc(OC(F)F)cc1. The fourth-order valence-electron chi connectivity index (χ4n) is 1.28. The van der Waals surface area contributed by atoms with E-state index in [9.17, 15) is 17.2 Å². The molecule has 1 rings (SSSR count). The highest BCUT2D eigenvalue weighted by Gasteiger charge is 2.04. The molecule has 0 heterocycles. The van der Waals surface area contributed by atoms with Crippen molar-refractivity contribution >= 4 is 9.84 Å². The predicted molar refractivity (Wildman–Crippen MR) is 64.5 cm³/mol. The van der Waals surface area contributed by atoms with Crippen molar-refractivity contribution in [2.45, 2.75) is 13.2 Å². The molecular formula is C11H15F2NO3S. The van der Waals surface area contributed by atoms with E-state index >= 15 is 0 Å². The summed E-state index contributed by atoms with van der Waals surface area (Å²) >= 11 is 0. The van der Waals surface area contributed by atoms with Gasteiger partial charge in [-0.15, -0.1) is 0 Å². The highest BCUT2D eigenvalue weighted by atomic mass is 32.2. The van der Waals surface area contributed by atoms with Gasteiger partial charge in [0, 0.05) is 19.3 Å². The molecule has 1 aromatic carbocycles. The number of hydrogen-bond donors (Lipinski definition) is 1. The third kappa shape index (κ3) is 6.51. The molecule has 0 spiro atoms. The zero-order valence-electron chi connectivity index (χ0n) is 9.90. The van der Waals surface area contributed by atoms with Gasteiger partial charge in [-0.3, -0.25) is 0 Å². The first-order valence-corrected chi connectivity index (χ1v) is 7.35. The Morgan fingerprint density at radius 3 is 2.39 bits per heavy atom. The molecule has 0 aliphatic heterocycles. The van der Waals surface area contributed by atoms with Gasteiger partial charge in [-0.1, -0.05) is 12.1 Å². The topological polar surface area (TPSA) is 55.4 Å². The van der Waals surface area contributed by atoms with Crippen LogP contribution in [0.25, 0.3) is 0 Å². The lowest BCUT2D eigenvalue weighted by Gasteiger charge is -2.06. The normalized spacial score (nSPS) is 11.8. The van der Waals surface area contributed by atoms with Gasteiger partial charge in [-0.05, 0) is 17.7 Å². The fourth-order valence-corrected chi connectivity index (χ4v) is 1.79. The Kier molecular flexibility index (Phi) is 5.49. The molecule has 1 aromatic rings. The minimum atomic E-state index is -2.96. The van der Waals surface area contributed by atoms with Gasteiger partial charge in [0.25, 0.3) is 0 Å². The first-order valence-electron chi connectivity index (χ1n) is 5.29. The van der Waals surface area contributed by atoms with Crippen LogP contribution in [0.4, 0.5) is 8.78 Å². The third-order valence-corrected chi connectivity index (χ3v) is 3.07. The molecule has 0 aliphatic rings. The zero-order valence-corrected chi connectivity index (χ0v) is 10.7. The maximum Gasteiger partial charge on any atom is 0.387 e. The van der Waals surface area contributed by atoms with Gasteiger partial charge in [0.05, 0.1) is 5.75 Å². The molecule has 0 radical (unpaired) electrons. The van der Waals surface area contributed by atoms with E-state index in [1.807, 2.05) is 0 Å². The Morgan fingerprint density at radius 1 is 1.28 bits per heavy atom. The van der Waals surface area contributed by atoms with Crippen molar-refractivity contribution in [2.24, 2.45) is 0 Å². The zero-order chi connectivity index (χ0) is 13.6. The fraction of sp³-hybridized carbons (Fsp3) is 0.455. The largest absolute Gasteiger partial charge is 0.435 e. The summed E-state index contributed by atoms with van der Waals surface area (Å²) in [5.41, 5.74) is 0.866. The molecule has 102 valence electrons. The van der Waals surface area contributed by atoms with Crippen LogP contribution < -0.4 is 10.1 Å². The standard InChI is InChI=1S/C11H15F2NO3S/c1-18(15,16)7-6-14-8-9-2-4-10(5-3-9)17-11(12)13/h2-5,11,14H,6-8H2,1H3. The number of halogens is 2. The first-order chi connectivity index (χ1) is 8.37. The number of nitrogens with one attached hydrogen (secondary N) is 1. The Labute approximate surface area is 105 Å². The summed E-state index contributed by atoms with van der Waals surface area (Å²) in [6.07, 6.45) is 1.17. The number of alkyl halides is 2. The molecule has 0 atom stereocenters. The molecule has 0 aromatic heterocycles. The average molecular weight is 279 g/mol. The number of hydrogen-bond acceptors (Lipinski definition) is 4. The molecule has 0 unspecified atom stereocenters. The molecule has 0 bridgehead atoms. The second-order valence-corrected chi connectivity index (χ2v) is 6.09. The van der Waals surface area contributed by atoms with Gasteiger partial charge in [0.2, 0.25) is 0 Å². The average Bonchev–Trinajstić information content (AvgIpc) is 2.24. The van der Waals surface area contributed by atoms with Gasteiger partial charge in [-0.2, -0.15) is 8.78 Å². The second kappa shape index (κ2) is 6.65. The van der Waals surface area contributed by atoms with Gasteiger partial charge >= 0.3 is 6.61 Å². The monoisotopic (exact) mass is 279 g/mol. The molecule has 18 heavy (non-hydrogen) atoms. The maximum absolute atomic E-state index is 11.9. The molecule has 0 saturated heterocycles. The van der Waals surface area contributed by atoms with E-state index in [1.165, 1.54) is 18.4 Å². The summed E-state index contributed by atoms with van der Waals surface area (Å²) < 4.78 is 49.7. The minimum Gasteiger partial charge on any atom is -0.435 e. The van der Waals surface area contributed by atoms with Crippen LogP contribution in [0.5, 0.6) is 5.75 Å². The number of rotatable bonds is 7. The van der Waals surface area contributed by atoms with E-state index in [0.717, 1.165) is 5.56 Å². The summed E-state index contributed by atoms with van der Waals surface area (Å²) in [4.78, 5) is 0. The Balaban J connectivity index is 2.35. The van der Waals surface area contributed by atoms with E-state index in [0.29, 0.717) is 13.1 Å². The van der Waals surface area contributed by atoms with Crippen molar-refractivity contribution in [3.63, 3.8) is 0 Å². The lowest BCUT2D eigenvalue weighted by molar-refractivity contribution is -0.0498. The van der Waals surface area contributed by atoms with Crippen LogP contribution in [0, 0.1) is 0 Å². The summed E-state index contributed by atoms with van der Waals surface area (Å²) in [6, 6.07) is 6.18. The molecule has 0 fully saturated rings. The quantitative estimate of drug-likeness (QED) is 0.767. The number of ether oxygens (including phenoxy) is 1. The molecule has 0 amide bonds. The predicted octanol–water partition coefficient (Wildman–Crippen LogP) is 1.42. The van der Waals surface area contributed by atoms with Crippen molar-refractivity contribution in [3.05, 3.63) is 29.8 Å². The summed E-state index contributed by atoms with van der Waals surface area (Å²) in [6.45, 7) is -2.00. The van der Waals surface area contributed by atoms with Crippen LogP contribution in [0.1, 0.15) is 5.56 Å². The van der Waals surface area contributed by atoms with Crippen LogP contribution in [0.3, 0.4) is 0 Å². The van der Waals surface area contributed by atoms with Crippen molar-refractivity contribution in [2.75, 3.05) is 18.6 Å². The smallest absolute Gasteiger partial charge is 0.387 e. The molecular weight excluding hydrogens is 264 g/mol. The van der Waals surface area contributed by atoms with Crippen molar-refractivity contribution in [1.82, 2.24) is 5.32 Å². The summed E-state index contributed by atoms with van der Waals surface area (Å²) in [5, 5.41) is 2.95. The summed E-state index contributed by atoms with van der Waals surface area (Å²) in [5.74, 6) is 0.171. The Morgan fingerprint density at radius 2 is 1.89 bits per heavy atom. The number of sulfone groups is 1. The minimum absolute atomic E-state index is 0.0690. The van der Waals surface area contributed by atoms with Crippen molar-refractivity contribution < 1.29 is 21.9 Å². The van der Waals surface area contributed by atoms with Crippen LogP contribution in [0.2, 0.25) is 0 Å². The van der Waals surface area contributed by atoms with Crippen LogP contribution in [-0.2, 0) is 16.4 Å². The highest BCUT2D eigenvalue weighted by molar-refractivity contribution is 7.90. The van der Waals surface area contributed by atoms with Crippen LogP contribution in [0.15, 0.2) is 24.3 Å². The van der Waals surface area contributed by atoms with Gasteiger partial charge in [-0.25, -0.2) is 8.42 Å². The Bertz CT molecular complexity index is 460. The second-order valence-electron chi connectivity index (χ2n) is 3.83. The van der Waals surface area contributed by atoms with Crippen molar-refractivity contribution in [1.29, 1.82) is 0 Å². The Hall–Kier alpha value is -1.21.